The van der Waals surface area contributed by atoms with Gasteiger partial charge in [-0.3, -0.25) is 4.79 Å². The van der Waals surface area contributed by atoms with Crippen LogP contribution in [0.1, 0.15) is 12.5 Å². The highest BCUT2D eigenvalue weighted by molar-refractivity contribution is 5.92. The molecule has 0 aromatic heterocycles. The van der Waals surface area contributed by atoms with Gasteiger partial charge < -0.3 is 9.64 Å². The third kappa shape index (κ3) is 5.61. The minimum atomic E-state index is -2.92. The first-order valence-electron chi connectivity index (χ1n) is 6.30. The SMILES string of the molecule is C[C@@H](C#N)CN(C)C(=O)/C=C/c1ccccc1OC(F)F. The molecule has 0 radical (unpaired) electrons. The van der Waals surface area contributed by atoms with Crippen LogP contribution >= 0.6 is 0 Å². The fraction of sp³-hybridized carbons (Fsp3) is 0.333. The van der Waals surface area contributed by atoms with Crippen LogP contribution < -0.4 is 4.74 Å². The van der Waals surface area contributed by atoms with Gasteiger partial charge >= 0.3 is 6.61 Å². The van der Waals surface area contributed by atoms with Gasteiger partial charge in [-0.15, -0.1) is 0 Å². The van der Waals surface area contributed by atoms with Crippen LogP contribution in [0, 0.1) is 17.2 Å². The Balaban J connectivity index is 2.76. The van der Waals surface area contributed by atoms with Crippen molar-refractivity contribution in [3.63, 3.8) is 0 Å². The molecule has 21 heavy (non-hydrogen) atoms. The Hall–Kier alpha value is -2.42. The molecular formula is C15H16F2N2O2. The van der Waals surface area contributed by atoms with Crippen LogP contribution in [0.2, 0.25) is 0 Å². The number of alkyl halides is 2. The van der Waals surface area contributed by atoms with Crippen LogP contribution in [0.3, 0.4) is 0 Å². The average Bonchev–Trinajstić information content (AvgIpc) is 2.45. The van der Waals surface area contributed by atoms with E-state index >= 15 is 0 Å². The number of rotatable bonds is 6. The largest absolute Gasteiger partial charge is 0.434 e. The van der Waals surface area contributed by atoms with E-state index < -0.39 is 6.61 Å². The number of hydrogen-bond donors (Lipinski definition) is 0. The van der Waals surface area contributed by atoms with Crippen molar-refractivity contribution in [1.29, 1.82) is 5.26 Å². The molecule has 0 saturated heterocycles. The van der Waals surface area contributed by atoms with Gasteiger partial charge in [0.05, 0.1) is 12.0 Å². The second-order valence-corrected chi connectivity index (χ2v) is 4.50. The molecule has 6 heteroatoms. The number of hydrogen-bond acceptors (Lipinski definition) is 3. The molecule has 0 aliphatic heterocycles. The number of nitrogens with zero attached hydrogens (tertiary/aromatic N) is 2. The number of carbonyl (C=O) groups excluding carboxylic acids is 1. The van der Waals surface area contributed by atoms with E-state index in [0.717, 1.165) is 0 Å². The van der Waals surface area contributed by atoms with Crippen molar-refractivity contribution in [1.82, 2.24) is 4.90 Å². The molecule has 0 aliphatic rings. The lowest BCUT2D eigenvalue weighted by Crippen LogP contribution is -2.29. The Morgan fingerprint density at radius 2 is 2.14 bits per heavy atom. The minimum absolute atomic E-state index is 0.00426. The fourth-order valence-electron chi connectivity index (χ4n) is 1.65. The molecule has 0 bridgehead atoms. The van der Waals surface area contributed by atoms with Gasteiger partial charge in [-0.2, -0.15) is 14.0 Å². The van der Waals surface area contributed by atoms with E-state index in [4.69, 9.17) is 5.26 Å². The average molecular weight is 294 g/mol. The topological polar surface area (TPSA) is 53.3 Å². The molecule has 0 N–H and O–H groups in total. The Morgan fingerprint density at radius 1 is 1.48 bits per heavy atom. The Kier molecular flexibility index (Phi) is 6.34. The summed E-state index contributed by atoms with van der Waals surface area (Å²) in [5.74, 6) is -0.588. The van der Waals surface area contributed by atoms with E-state index in [1.165, 1.54) is 23.1 Å². The Bertz CT molecular complexity index is 553. The van der Waals surface area contributed by atoms with E-state index in [1.54, 1.807) is 32.2 Å². The fourth-order valence-corrected chi connectivity index (χ4v) is 1.65. The van der Waals surface area contributed by atoms with E-state index in [0.29, 0.717) is 12.1 Å². The van der Waals surface area contributed by atoms with Crippen molar-refractivity contribution in [2.24, 2.45) is 5.92 Å². The molecule has 1 aromatic carbocycles. The smallest absolute Gasteiger partial charge is 0.387 e. The standard InChI is InChI=1S/C15H16F2N2O2/c1-11(9-18)10-19(2)14(20)8-7-12-5-3-4-6-13(12)21-15(16)17/h3-8,11,15H,10H2,1-2H3/b8-7+/t11-/m0/s1. The number of halogens is 2. The summed E-state index contributed by atoms with van der Waals surface area (Å²) in [6.45, 7) is -0.914. The summed E-state index contributed by atoms with van der Waals surface area (Å²) in [5, 5.41) is 8.70. The predicted molar refractivity (Wildman–Crippen MR) is 74.5 cm³/mol. The molecule has 0 saturated carbocycles. The molecule has 1 aromatic rings. The van der Waals surface area contributed by atoms with Gasteiger partial charge in [-0.1, -0.05) is 18.2 Å². The summed E-state index contributed by atoms with van der Waals surface area (Å²) in [4.78, 5) is 13.2. The zero-order valence-corrected chi connectivity index (χ0v) is 11.8. The molecule has 1 amide bonds. The molecule has 0 fully saturated rings. The predicted octanol–water partition coefficient (Wildman–Crippen LogP) is 2.92. The molecule has 0 aliphatic carbocycles. The molecule has 0 heterocycles. The van der Waals surface area contributed by atoms with Crippen LogP contribution in [-0.4, -0.2) is 31.0 Å². The maximum atomic E-state index is 12.3. The lowest BCUT2D eigenvalue weighted by atomic mass is 10.1. The van der Waals surface area contributed by atoms with E-state index in [1.807, 2.05) is 6.07 Å². The van der Waals surface area contributed by atoms with Crippen LogP contribution in [0.25, 0.3) is 6.08 Å². The highest BCUT2D eigenvalue weighted by atomic mass is 19.3. The summed E-state index contributed by atoms with van der Waals surface area (Å²) in [7, 11) is 1.57. The molecule has 1 atom stereocenters. The van der Waals surface area contributed by atoms with Crippen LogP contribution in [0.15, 0.2) is 30.3 Å². The van der Waals surface area contributed by atoms with Gasteiger partial charge in [0.1, 0.15) is 5.75 Å². The Morgan fingerprint density at radius 3 is 2.76 bits per heavy atom. The van der Waals surface area contributed by atoms with Crippen LogP contribution in [-0.2, 0) is 4.79 Å². The molecule has 1 rings (SSSR count). The minimum Gasteiger partial charge on any atom is -0.434 e. The summed E-state index contributed by atoms with van der Waals surface area (Å²) >= 11 is 0. The molecule has 0 spiro atoms. The first-order chi connectivity index (χ1) is 9.93. The highest BCUT2D eigenvalue weighted by Crippen LogP contribution is 2.21. The molecular weight excluding hydrogens is 278 g/mol. The molecule has 4 nitrogen and oxygen atoms in total. The van der Waals surface area contributed by atoms with Crippen molar-refractivity contribution in [3.8, 4) is 11.8 Å². The van der Waals surface area contributed by atoms with Gasteiger partial charge in [-0.25, -0.2) is 0 Å². The zero-order valence-electron chi connectivity index (χ0n) is 11.8. The maximum absolute atomic E-state index is 12.3. The third-order valence-corrected chi connectivity index (χ3v) is 2.68. The number of nitriles is 1. The van der Waals surface area contributed by atoms with Gasteiger partial charge in [-0.05, 0) is 19.1 Å². The normalized spacial score (nSPS) is 12.2. The van der Waals surface area contributed by atoms with Crippen molar-refractivity contribution in [2.45, 2.75) is 13.5 Å². The highest BCUT2D eigenvalue weighted by Gasteiger charge is 2.10. The molecule has 112 valence electrons. The summed E-state index contributed by atoms with van der Waals surface area (Å²) < 4.78 is 28.9. The van der Waals surface area contributed by atoms with Gasteiger partial charge in [0.25, 0.3) is 0 Å². The van der Waals surface area contributed by atoms with Gasteiger partial charge in [0.2, 0.25) is 5.91 Å². The van der Waals surface area contributed by atoms with Crippen molar-refractivity contribution < 1.29 is 18.3 Å². The second-order valence-electron chi connectivity index (χ2n) is 4.50. The van der Waals surface area contributed by atoms with Crippen LogP contribution in [0.5, 0.6) is 5.75 Å². The number of para-hydroxylation sites is 1. The summed E-state index contributed by atoms with van der Waals surface area (Å²) in [6, 6.07) is 8.23. The van der Waals surface area contributed by atoms with Gasteiger partial charge in [0.15, 0.2) is 0 Å². The van der Waals surface area contributed by atoms with E-state index in [9.17, 15) is 13.6 Å². The zero-order chi connectivity index (χ0) is 15.8. The number of ether oxygens (including phenoxy) is 1. The first kappa shape index (κ1) is 16.6. The van der Waals surface area contributed by atoms with Crippen molar-refractivity contribution in [3.05, 3.63) is 35.9 Å². The third-order valence-electron chi connectivity index (χ3n) is 2.68. The van der Waals surface area contributed by atoms with E-state index in [2.05, 4.69) is 4.74 Å². The number of amides is 1. The number of benzene rings is 1. The summed E-state index contributed by atoms with van der Waals surface area (Å²) in [6.07, 6.45) is 2.67. The first-order valence-corrected chi connectivity index (χ1v) is 6.30. The van der Waals surface area contributed by atoms with Crippen molar-refractivity contribution in [2.75, 3.05) is 13.6 Å². The quantitative estimate of drug-likeness (QED) is 0.758. The molecule has 0 unspecified atom stereocenters. The lowest BCUT2D eigenvalue weighted by Gasteiger charge is -2.16. The monoisotopic (exact) mass is 294 g/mol. The number of carbonyl (C=O) groups is 1. The second kappa shape index (κ2) is 8.00. The number of likely N-dealkylation sites (N-methyl/N-ethyl adjacent to an activating group) is 1. The van der Waals surface area contributed by atoms with E-state index in [-0.39, 0.29) is 17.6 Å². The van der Waals surface area contributed by atoms with Gasteiger partial charge in [0, 0.05) is 25.2 Å². The summed E-state index contributed by atoms with van der Waals surface area (Å²) in [5.41, 5.74) is 0.382. The maximum Gasteiger partial charge on any atom is 0.387 e. The Labute approximate surface area is 122 Å². The van der Waals surface area contributed by atoms with Crippen LogP contribution in [0.4, 0.5) is 8.78 Å². The lowest BCUT2D eigenvalue weighted by molar-refractivity contribution is -0.125. The van der Waals surface area contributed by atoms with Crippen molar-refractivity contribution >= 4 is 12.0 Å².